The molecule has 2 heterocycles. The normalized spacial score (nSPS) is 11.4. The summed E-state index contributed by atoms with van der Waals surface area (Å²) in [4.78, 5) is 17.4. The zero-order valence-corrected chi connectivity index (χ0v) is 16.5. The number of amides is 1. The number of hydrogen-bond donors (Lipinski definition) is 1. The summed E-state index contributed by atoms with van der Waals surface area (Å²) in [6.07, 6.45) is 4.84. The molecule has 0 unspecified atom stereocenters. The Hall–Kier alpha value is -2.66. The molecule has 140 valence electrons. The molecule has 1 N–H and O–H groups in total. The van der Waals surface area contributed by atoms with Gasteiger partial charge in [0.15, 0.2) is 5.82 Å². The van der Waals surface area contributed by atoms with E-state index in [9.17, 15) is 4.79 Å². The highest BCUT2D eigenvalue weighted by molar-refractivity contribution is 6.30. The Balaban J connectivity index is 1.91. The van der Waals surface area contributed by atoms with Gasteiger partial charge in [-0.05, 0) is 49.6 Å². The van der Waals surface area contributed by atoms with E-state index in [0.717, 1.165) is 24.1 Å². The van der Waals surface area contributed by atoms with Crippen LogP contribution >= 0.6 is 11.6 Å². The lowest BCUT2D eigenvalue weighted by atomic mass is 9.84. The van der Waals surface area contributed by atoms with E-state index in [2.05, 4.69) is 29.2 Å². The topological polar surface area (TPSA) is 59.8 Å². The third-order valence-electron chi connectivity index (χ3n) is 5.08. The zero-order valence-electron chi connectivity index (χ0n) is 15.7. The summed E-state index contributed by atoms with van der Waals surface area (Å²) < 4.78 is 1.68. The van der Waals surface area contributed by atoms with Crippen molar-refractivity contribution in [2.45, 2.75) is 39.2 Å². The summed E-state index contributed by atoms with van der Waals surface area (Å²) in [6.45, 7) is 6.02. The van der Waals surface area contributed by atoms with E-state index in [0.29, 0.717) is 16.4 Å². The summed E-state index contributed by atoms with van der Waals surface area (Å²) >= 11 is 6.03. The fourth-order valence-corrected chi connectivity index (χ4v) is 3.43. The number of nitrogens with one attached hydrogen (secondary N) is 1. The minimum atomic E-state index is -0.457. The van der Waals surface area contributed by atoms with Crippen molar-refractivity contribution in [3.8, 4) is 5.82 Å². The van der Waals surface area contributed by atoms with Gasteiger partial charge in [0.25, 0.3) is 5.91 Å². The highest BCUT2D eigenvalue weighted by Gasteiger charge is 2.31. The molecule has 6 heteroatoms. The van der Waals surface area contributed by atoms with Crippen LogP contribution in [0.4, 0.5) is 0 Å². The van der Waals surface area contributed by atoms with Gasteiger partial charge in [-0.1, -0.05) is 43.6 Å². The molecule has 5 nitrogen and oxygen atoms in total. The van der Waals surface area contributed by atoms with Gasteiger partial charge in [0.1, 0.15) is 0 Å². The fourth-order valence-electron chi connectivity index (χ4n) is 3.30. The third-order valence-corrected chi connectivity index (χ3v) is 5.33. The smallest absolute Gasteiger partial charge is 0.255 e. The van der Waals surface area contributed by atoms with Crippen LogP contribution in [0, 0.1) is 6.92 Å². The Bertz CT molecular complexity index is 915. The molecule has 0 radical (unpaired) electrons. The van der Waals surface area contributed by atoms with Gasteiger partial charge in [-0.25, -0.2) is 9.67 Å². The largest absolute Gasteiger partial charge is 0.342 e. The Labute approximate surface area is 164 Å². The first-order valence-electron chi connectivity index (χ1n) is 9.05. The number of nitrogens with zero attached hydrogens (tertiary/aromatic N) is 3. The molecule has 0 aliphatic carbocycles. The molecule has 3 aromatic rings. The fraction of sp³-hybridized carbons (Fsp3) is 0.286. The van der Waals surface area contributed by atoms with Gasteiger partial charge in [-0.2, -0.15) is 5.10 Å². The summed E-state index contributed by atoms with van der Waals surface area (Å²) in [5, 5.41) is 8.26. The molecule has 2 aromatic heterocycles. The average Bonchev–Trinajstić information content (AvgIpc) is 3.09. The lowest BCUT2D eigenvalue weighted by Gasteiger charge is -2.33. The first-order valence-corrected chi connectivity index (χ1v) is 9.43. The zero-order chi connectivity index (χ0) is 19.4. The first-order chi connectivity index (χ1) is 13.0. The molecular formula is C21H23ClN4O. The lowest BCUT2D eigenvalue weighted by Crippen LogP contribution is -2.45. The van der Waals surface area contributed by atoms with Gasteiger partial charge in [0.2, 0.25) is 0 Å². The van der Waals surface area contributed by atoms with Crippen molar-refractivity contribution >= 4 is 17.5 Å². The lowest BCUT2D eigenvalue weighted by molar-refractivity contribution is 0.0889. The van der Waals surface area contributed by atoms with Gasteiger partial charge < -0.3 is 5.32 Å². The predicted molar refractivity (Wildman–Crippen MR) is 107 cm³/mol. The second kappa shape index (κ2) is 7.92. The Morgan fingerprint density at radius 2 is 1.85 bits per heavy atom. The summed E-state index contributed by atoms with van der Waals surface area (Å²) in [6, 6.07) is 13.3. The van der Waals surface area contributed by atoms with E-state index in [4.69, 9.17) is 11.6 Å². The Kier molecular flexibility index (Phi) is 5.61. The maximum Gasteiger partial charge on any atom is 0.255 e. The molecule has 0 saturated carbocycles. The third kappa shape index (κ3) is 3.74. The van der Waals surface area contributed by atoms with Crippen LogP contribution in [0.3, 0.4) is 0 Å². The van der Waals surface area contributed by atoms with Crippen molar-refractivity contribution in [1.29, 1.82) is 0 Å². The molecule has 27 heavy (non-hydrogen) atoms. The van der Waals surface area contributed by atoms with Crippen molar-refractivity contribution < 1.29 is 4.79 Å². The van der Waals surface area contributed by atoms with E-state index < -0.39 is 5.54 Å². The highest BCUT2D eigenvalue weighted by Crippen LogP contribution is 2.30. The van der Waals surface area contributed by atoms with E-state index in [1.54, 1.807) is 17.1 Å². The maximum absolute atomic E-state index is 13.1. The quantitative estimate of drug-likeness (QED) is 0.673. The minimum Gasteiger partial charge on any atom is -0.342 e. The van der Waals surface area contributed by atoms with E-state index in [-0.39, 0.29) is 5.91 Å². The molecule has 0 spiro atoms. The van der Waals surface area contributed by atoms with Crippen molar-refractivity contribution in [2.24, 2.45) is 0 Å². The summed E-state index contributed by atoms with van der Waals surface area (Å²) in [7, 11) is 0. The number of benzene rings is 1. The molecular weight excluding hydrogens is 360 g/mol. The number of halogens is 1. The van der Waals surface area contributed by atoms with Crippen molar-refractivity contribution in [2.75, 3.05) is 0 Å². The van der Waals surface area contributed by atoms with Crippen LogP contribution in [-0.4, -0.2) is 20.7 Å². The molecule has 0 aliphatic rings. The van der Waals surface area contributed by atoms with Crippen molar-refractivity contribution in [3.63, 3.8) is 0 Å². The monoisotopic (exact) mass is 382 g/mol. The molecule has 0 aliphatic heterocycles. The van der Waals surface area contributed by atoms with Crippen LogP contribution in [0.1, 0.15) is 48.3 Å². The van der Waals surface area contributed by atoms with Gasteiger partial charge in [0, 0.05) is 11.2 Å². The van der Waals surface area contributed by atoms with Crippen LogP contribution in [0.5, 0.6) is 0 Å². The first kappa shape index (κ1) is 19.1. The number of carbonyl (C=O) groups is 1. The van der Waals surface area contributed by atoms with Crippen LogP contribution in [-0.2, 0) is 5.54 Å². The molecule has 1 aromatic carbocycles. The number of carbonyl (C=O) groups excluding carboxylic acids is 1. The van der Waals surface area contributed by atoms with Crippen LogP contribution in [0.15, 0.2) is 54.9 Å². The van der Waals surface area contributed by atoms with Crippen LogP contribution < -0.4 is 5.32 Å². The molecule has 0 saturated heterocycles. The van der Waals surface area contributed by atoms with Gasteiger partial charge in [0.05, 0.1) is 23.0 Å². The molecule has 0 atom stereocenters. The number of hydrogen-bond acceptors (Lipinski definition) is 3. The van der Waals surface area contributed by atoms with Gasteiger partial charge in [-0.3, -0.25) is 4.79 Å². The predicted octanol–water partition coefficient (Wildman–Crippen LogP) is 4.67. The Morgan fingerprint density at radius 1 is 1.15 bits per heavy atom. The molecule has 3 rings (SSSR count). The molecule has 0 bridgehead atoms. The van der Waals surface area contributed by atoms with E-state index >= 15 is 0 Å². The summed E-state index contributed by atoms with van der Waals surface area (Å²) in [5.74, 6) is 0.539. The summed E-state index contributed by atoms with van der Waals surface area (Å²) in [5.41, 5.74) is 1.88. The average molecular weight is 383 g/mol. The number of aromatic nitrogens is 3. The van der Waals surface area contributed by atoms with Gasteiger partial charge in [-0.15, -0.1) is 0 Å². The van der Waals surface area contributed by atoms with Crippen molar-refractivity contribution in [1.82, 2.24) is 20.1 Å². The van der Waals surface area contributed by atoms with Crippen LogP contribution in [0.25, 0.3) is 5.82 Å². The second-order valence-electron chi connectivity index (χ2n) is 6.49. The number of rotatable bonds is 6. The van der Waals surface area contributed by atoms with E-state index in [1.165, 1.54) is 0 Å². The molecule has 1 amide bonds. The Morgan fingerprint density at radius 3 is 2.44 bits per heavy atom. The van der Waals surface area contributed by atoms with Gasteiger partial charge >= 0.3 is 0 Å². The van der Waals surface area contributed by atoms with Crippen LogP contribution in [0.2, 0.25) is 5.02 Å². The van der Waals surface area contributed by atoms with Crippen molar-refractivity contribution in [3.05, 3.63) is 76.7 Å². The second-order valence-corrected chi connectivity index (χ2v) is 6.93. The SMILES string of the molecule is CCC(CC)(NC(=O)c1cnn(-c2ccccn2)c1C)c1ccc(Cl)cc1. The number of pyridine rings is 1. The highest BCUT2D eigenvalue weighted by atomic mass is 35.5. The molecule has 0 fully saturated rings. The minimum absolute atomic E-state index is 0.145. The standard InChI is InChI=1S/C21H23ClN4O/c1-4-21(5-2,16-9-11-17(22)12-10-16)25-20(27)18-14-24-26(15(18)3)19-8-6-7-13-23-19/h6-14H,4-5H2,1-3H3,(H,25,27). The van der Waals surface area contributed by atoms with E-state index in [1.807, 2.05) is 49.4 Å². The maximum atomic E-state index is 13.1.